The number of nitrogens with zero attached hydrogens (tertiary/aromatic N) is 3. The van der Waals surface area contributed by atoms with Crippen molar-refractivity contribution in [1.82, 2.24) is 9.55 Å². The van der Waals surface area contributed by atoms with Gasteiger partial charge in [0.2, 0.25) is 5.95 Å². The molecule has 2 heterocycles. The number of imidazole rings is 1. The first kappa shape index (κ1) is 26.8. The van der Waals surface area contributed by atoms with Gasteiger partial charge >= 0.3 is 23.1 Å². The third kappa shape index (κ3) is 4.91. The van der Waals surface area contributed by atoms with Crippen LogP contribution >= 0.6 is 39.1 Å². The second-order valence-corrected chi connectivity index (χ2v) is 9.49. The minimum Gasteiger partial charge on any atom is -1.00 e. The standard InChI is InChI=1S/C19H14BrCl2N3O3S.BrH.Mg/c1-19(9-11-2-4-12(20)5-3-11)17(26)24(15-7-13(21)6-14(22)8-15)18-23-10-16(25(18)19)29(27)28;;/h2-8,10H,9H2,1H3,(H,27,28);1H;/q;;+2/p-2/t19-;;/m1../s1. The minimum absolute atomic E-state index is 0. The molecule has 1 aromatic heterocycles. The van der Waals surface area contributed by atoms with Crippen molar-refractivity contribution in [2.45, 2.75) is 23.9 Å². The Hall–Kier alpha value is -0.464. The zero-order valence-electron chi connectivity index (χ0n) is 16.0. The van der Waals surface area contributed by atoms with Gasteiger partial charge in [-0.15, -0.1) is 0 Å². The number of hydrogen-bond acceptors (Lipinski definition) is 4. The Balaban J connectivity index is 0.00000171. The maximum Gasteiger partial charge on any atom is 2.00 e. The van der Waals surface area contributed by atoms with E-state index in [9.17, 15) is 13.6 Å². The molecule has 0 fully saturated rings. The van der Waals surface area contributed by atoms with E-state index in [0.717, 1.165) is 10.0 Å². The average Bonchev–Trinajstić information content (AvgIpc) is 3.16. The average molecular weight is 618 g/mol. The number of carbonyl (C=O) groups is 1. The summed E-state index contributed by atoms with van der Waals surface area (Å²) in [6, 6.07) is 12.2. The molecule has 6 nitrogen and oxygen atoms in total. The topological polar surface area (TPSA) is 78.3 Å². The van der Waals surface area contributed by atoms with Gasteiger partial charge in [0, 0.05) is 20.9 Å². The van der Waals surface area contributed by atoms with E-state index in [1.165, 1.54) is 15.7 Å². The Morgan fingerprint density at radius 1 is 1.16 bits per heavy atom. The number of amides is 1. The molecule has 3 aromatic rings. The Kier molecular flexibility index (Phi) is 8.82. The van der Waals surface area contributed by atoms with Crippen molar-refractivity contribution < 1.29 is 30.5 Å². The van der Waals surface area contributed by atoms with E-state index in [0.29, 0.717) is 15.7 Å². The third-order valence-corrected chi connectivity index (χ3v) is 6.40. The molecule has 0 radical (unpaired) electrons. The summed E-state index contributed by atoms with van der Waals surface area (Å²) in [5, 5.41) is 0.642. The van der Waals surface area contributed by atoms with Gasteiger partial charge in [0.1, 0.15) is 10.6 Å². The zero-order valence-corrected chi connectivity index (χ0v) is 22.9. The van der Waals surface area contributed by atoms with Gasteiger partial charge in [-0.3, -0.25) is 13.6 Å². The largest absolute Gasteiger partial charge is 2.00 e. The zero-order chi connectivity index (χ0) is 20.9. The number of hydrogen-bond donors (Lipinski definition) is 0. The van der Waals surface area contributed by atoms with Gasteiger partial charge in [0.15, 0.2) is 0 Å². The summed E-state index contributed by atoms with van der Waals surface area (Å²) in [4.78, 5) is 19.2. The predicted molar refractivity (Wildman–Crippen MR) is 120 cm³/mol. The summed E-state index contributed by atoms with van der Waals surface area (Å²) in [7, 11) is 0. The second kappa shape index (κ2) is 10.2. The monoisotopic (exact) mass is 615 g/mol. The van der Waals surface area contributed by atoms with Crippen LogP contribution in [0.2, 0.25) is 10.0 Å². The van der Waals surface area contributed by atoms with E-state index >= 15 is 0 Å². The smallest absolute Gasteiger partial charge is 1.00 e. The van der Waals surface area contributed by atoms with Crippen LogP contribution < -0.4 is 21.9 Å². The van der Waals surface area contributed by atoms with E-state index in [1.54, 1.807) is 25.1 Å². The molecule has 1 aliphatic rings. The molecular formula is C19H13Br2Cl2MgN3O3S. The Morgan fingerprint density at radius 3 is 2.29 bits per heavy atom. The first-order valence-corrected chi connectivity index (χ1v) is 11.1. The second-order valence-electron chi connectivity index (χ2n) is 6.81. The number of aromatic nitrogens is 2. The summed E-state index contributed by atoms with van der Waals surface area (Å²) in [6.45, 7) is 1.70. The number of fused-ring (bicyclic) bond motifs is 1. The van der Waals surface area contributed by atoms with E-state index in [1.807, 2.05) is 24.3 Å². The molecule has 4 rings (SSSR count). The van der Waals surface area contributed by atoms with Crippen molar-refractivity contribution in [2.75, 3.05) is 4.90 Å². The molecule has 31 heavy (non-hydrogen) atoms. The molecule has 12 heteroatoms. The molecule has 2 atom stereocenters. The van der Waals surface area contributed by atoms with Crippen molar-refractivity contribution in [2.24, 2.45) is 0 Å². The first-order valence-electron chi connectivity index (χ1n) is 8.43. The molecule has 0 N–H and O–H groups in total. The van der Waals surface area contributed by atoms with Crippen LogP contribution in [-0.2, 0) is 27.8 Å². The molecule has 0 aliphatic carbocycles. The molecule has 158 valence electrons. The maximum atomic E-state index is 13.6. The number of halogens is 4. The normalized spacial score (nSPS) is 18.2. The van der Waals surface area contributed by atoms with E-state index in [2.05, 4.69) is 20.9 Å². The van der Waals surface area contributed by atoms with Crippen molar-refractivity contribution in [3.05, 3.63) is 68.7 Å². The molecule has 0 spiro atoms. The van der Waals surface area contributed by atoms with Gasteiger partial charge in [-0.25, -0.2) is 9.88 Å². The van der Waals surface area contributed by atoms with Crippen molar-refractivity contribution in [1.29, 1.82) is 0 Å². The fourth-order valence-corrected chi connectivity index (χ4v) is 4.90. The van der Waals surface area contributed by atoms with Crippen molar-refractivity contribution in [3.8, 4) is 0 Å². The Labute approximate surface area is 226 Å². The van der Waals surface area contributed by atoms with Crippen molar-refractivity contribution in [3.63, 3.8) is 0 Å². The molecule has 2 aromatic carbocycles. The van der Waals surface area contributed by atoms with Crippen LogP contribution in [0.3, 0.4) is 0 Å². The van der Waals surface area contributed by atoms with E-state index in [-0.39, 0.29) is 63.3 Å². The van der Waals surface area contributed by atoms with Crippen LogP contribution in [0.4, 0.5) is 11.6 Å². The van der Waals surface area contributed by atoms with Crippen LogP contribution in [0.25, 0.3) is 0 Å². The fourth-order valence-electron chi connectivity index (χ4n) is 3.55. The summed E-state index contributed by atoms with van der Waals surface area (Å²) >= 11 is 13.1. The molecule has 1 amide bonds. The number of benzene rings is 2. The fraction of sp³-hybridized carbons (Fsp3) is 0.158. The predicted octanol–water partition coefficient (Wildman–Crippen LogP) is 1.45. The molecule has 0 bridgehead atoms. The Bertz CT molecular complexity index is 1140. The van der Waals surface area contributed by atoms with Gasteiger partial charge in [-0.2, -0.15) is 0 Å². The van der Waals surface area contributed by atoms with Crippen molar-refractivity contribution >= 4 is 90.8 Å². The number of anilines is 2. The van der Waals surface area contributed by atoms with Crippen LogP contribution in [0.15, 0.2) is 58.2 Å². The molecule has 1 unspecified atom stereocenters. The first-order chi connectivity index (χ1) is 13.7. The van der Waals surface area contributed by atoms with Crippen LogP contribution in [0.5, 0.6) is 0 Å². The van der Waals surface area contributed by atoms with Crippen LogP contribution in [-0.4, -0.2) is 47.3 Å². The van der Waals surface area contributed by atoms with Crippen LogP contribution in [0.1, 0.15) is 12.5 Å². The summed E-state index contributed by atoms with van der Waals surface area (Å²) in [6.07, 6.45) is 1.52. The van der Waals surface area contributed by atoms with Gasteiger partial charge in [0.05, 0.1) is 11.9 Å². The van der Waals surface area contributed by atoms with Crippen LogP contribution in [0, 0.1) is 0 Å². The van der Waals surface area contributed by atoms with Gasteiger partial charge in [-0.1, -0.05) is 51.3 Å². The number of carbonyl (C=O) groups excluding carboxylic acids is 1. The van der Waals surface area contributed by atoms with Gasteiger partial charge < -0.3 is 21.5 Å². The summed E-state index contributed by atoms with van der Waals surface area (Å²) in [5.41, 5.74) is 0.0866. The molecular weight excluding hydrogens is 605 g/mol. The SMILES string of the molecule is C[C@@]1(Cc2ccc(Br)cc2)C(=O)N(c2cc(Cl)cc(Cl)c2)c2ncc(S(=O)[O-])n21.[Br-].[Mg+2]. The molecule has 0 saturated heterocycles. The summed E-state index contributed by atoms with van der Waals surface area (Å²) < 4.78 is 26.0. The number of rotatable bonds is 4. The molecule has 1 aliphatic heterocycles. The molecule has 0 saturated carbocycles. The minimum atomic E-state index is -2.57. The van der Waals surface area contributed by atoms with E-state index < -0.39 is 16.6 Å². The quantitative estimate of drug-likeness (QED) is 0.328. The maximum absolute atomic E-state index is 13.6. The van der Waals surface area contributed by atoms with Gasteiger partial charge in [-0.05, 0) is 53.9 Å². The van der Waals surface area contributed by atoms with E-state index in [4.69, 9.17) is 23.2 Å². The van der Waals surface area contributed by atoms with Gasteiger partial charge in [0.25, 0.3) is 5.91 Å². The Morgan fingerprint density at radius 2 is 1.74 bits per heavy atom. The summed E-state index contributed by atoms with van der Waals surface area (Å²) in [5.74, 6) is -0.124. The third-order valence-electron chi connectivity index (χ3n) is 4.81.